The molecule has 0 saturated heterocycles. The summed E-state index contributed by atoms with van der Waals surface area (Å²) in [4.78, 5) is 6.84. The van der Waals surface area contributed by atoms with E-state index in [1.807, 2.05) is 6.92 Å². The Bertz CT molecular complexity index is 499. The third-order valence-electron chi connectivity index (χ3n) is 3.16. The van der Waals surface area contributed by atoms with Crippen molar-refractivity contribution in [3.8, 4) is 0 Å². The third kappa shape index (κ3) is 1.95. The zero-order chi connectivity index (χ0) is 11.7. The SMILES string of the molecule is CCN(C)Cc1ccc2c(c1)nc(C)n2C. The molecule has 86 valence electrons. The smallest absolute Gasteiger partial charge is 0.106 e. The predicted octanol–water partition coefficient (Wildman–Crippen LogP) is 2.33. The standard InChI is InChI=1S/C13H19N3/c1-5-15(3)9-11-6-7-13-12(8-11)14-10(2)16(13)4/h6-8H,5,9H2,1-4H3. The Morgan fingerprint density at radius 2 is 2.12 bits per heavy atom. The van der Waals surface area contributed by atoms with Gasteiger partial charge in [-0.05, 0) is 38.2 Å². The highest BCUT2D eigenvalue weighted by Crippen LogP contribution is 2.17. The molecule has 0 bridgehead atoms. The van der Waals surface area contributed by atoms with E-state index in [4.69, 9.17) is 0 Å². The van der Waals surface area contributed by atoms with E-state index in [2.05, 4.69) is 53.7 Å². The number of hydrogen-bond donors (Lipinski definition) is 0. The number of rotatable bonds is 3. The van der Waals surface area contributed by atoms with Crippen molar-refractivity contribution in [1.29, 1.82) is 0 Å². The fourth-order valence-electron chi connectivity index (χ4n) is 1.89. The van der Waals surface area contributed by atoms with Gasteiger partial charge in [0.15, 0.2) is 0 Å². The van der Waals surface area contributed by atoms with E-state index >= 15 is 0 Å². The molecule has 0 unspecified atom stereocenters. The van der Waals surface area contributed by atoms with Crippen molar-refractivity contribution >= 4 is 11.0 Å². The lowest BCUT2D eigenvalue weighted by atomic mass is 10.2. The summed E-state index contributed by atoms with van der Waals surface area (Å²) < 4.78 is 2.13. The van der Waals surface area contributed by atoms with E-state index in [0.717, 1.165) is 24.4 Å². The van der Waals surface area contributed by atoms with Crippen LogP contribution in [0.4, 0.5) is 0 Å². The van der Waals surface area contributed by atoms with Crippen LogP contribution in [0.25, 0.3) is 11.0 Å². The van der Waals surface area contributed by atoms with Crippen LogP contribution >= 0.6 is 0 Å². The van der Waals surface area contributed by atoms with Crippen LogP contribution in [0, 0.1) is 6.92 Å². The first-order chi connectivity index (χ1) is 7.61. The van der Waals surface area contributed by atoms with Crippen molar-refractivity contribution in [2.75, 3.05) is 13.6 Å². The molecule has 16 heavy (non-hydrogen) atoms. The third-order valence-corrected chi connectivity index (χ3v) is 3.16. The van der Waals surface area contributed by atoms with Gasteiger partial charge in [0.05, 0.1) is 11.0 Å². The number of fused-ring (bicyclic) bond motifs is 1. The van der Waals surface area contributed by atoms with Gasteiger partial charge in [0.25, 0.3) is 0 Å². The van der Waals surface area contributed by atoms with Gasteiger partial charge in [-0.15, -0.1) is 0 Å². The minimum absolute atomic E-state index is 0.988. The number of aryl methyl sites for hydroxylation is 2. The summed E-state index contributed by atoms with van der Waals surface area (Å²) in [5, 5.41) is 0. The van der Waals surface area contributed by atoms with E-state index in [1.54, 1.807) is 0 Å². The van der Waals surface area contributed by atoms with E-state index in [0.29, 0.717) is 0 Å². The maximum Gasteiger partial charge on any atom is 0.106 e. The van der Waals surface area contributed by atoms with Crippen LogP contribution in [0.5, 0.6) is 0 Å². The molecule has 2 rings (SSSR count). The first-order valence-corrected chi connectivity index (χ1v) is 5.72. The molecule has 3 heteroatoms. The first-order valence-electron chi connectivity index (χ1n) is 5.72. The minimum Gasteiger partial charge on any atom is -0.331 e. The summed E-state index contributed by atoms with van der Waals surface area (Å²) in [6.45, 7) is 6.27. The molecule has 2 aromatic rings. The van der Waals surface area contributed by atoms with Crippen LogP contribution in [0.15, 0.2) is 18.2 Å². The average molecular weight is 217 g/mol. The maximum absolute atomic E-state index is 4.55. The molecular formula is C13H19N3. The zero-order valence-corrected chi connectivity index (χ0v) is 10.5. The molecular weight excluding hydrogens is 198 g/mol. The normalized spacial score (nSPS) is 11.6. The minimum atomic E-state index is 0.988. The second-order valence-electron chi connectivity index (χ2n) is 4.37. The summed E-state index contributed by atoms with van der Waals surface area (Å²) in [6.07, 6.45) is 0. The van der Waals surface area contributed by atoms with Crippen LogP contribution in [0.1, 0.15) is 18.3 Å². The van der Waals surface area contributed by atoms with Gasteiger partial charge in [0, 0.05) is 13.6 Å². The van der Waals surface area contributed by atoms with E-state index in [9.17, 15) is 0 Å². The molecule has 0 aliphatic heterocycles. The molecule has 0 atom stereocenters. The van der Waals surface area contributed by atoms with Gasteiger partial charge < -0.3 is 9.47 Å². The monoisotopic (exact) mass is 217 g/mol. The lowest BCUT2D eigenvalue weighted by molar-refractivity contribution is 0.346. The molecule has 0 fully saturated rings. The Balaban J connectivity index is 2.37. The van der Waals surface area contributed by atoms with Crippen LogP contribution in [-0.2, 0) is 13.6 Å². The fraction of sp³-hybridized carbons (Fsp3) is 0.462. The zero-order valence-electron chi connectivity index (χ0n) is 10.5. The number of benzene rings is 1. The summed E-state index contributed by atoms with van der Waals surface area (Å²) in [6, 6.07) is 6.54. The van der Waals surface area contributed by atoms with Gasteiger partial charge in [0.2, 0.25) is 0 Å². The Morgan fingerprint density at radius 1 is 1.38 bits per heavy atom. The molecule has 0 aliphatic rings. The Kier molecular flexibility index (Phi) is 2.97. The van der Waals surface area contributed by atoms with E-state index in [1.165, 1.54) is 11.1 Å². The van der Waals surface area contributed by atoms with Crippen molar-refractivity contribution < 1.29 is 0 Å². The fourth-order valence-corrected chi connectivity index (χ4v) is 1.89. The van der Waals surface area contributed by atoms with E-state index in [-0.39, 0.29) is 0 Å². The second kappa shape index (κ2) is 4.26. The summed E-state index contributed by atoms with van der Waals surface area (Å²) in [7, 11) is 4.19. The number of aromatic nitrogens is 2. The van der Waals surface area contributed by atoms with Crippen LogP contribution in [0.2, 0.25) is 0 Å². The van der Waals surface area contributed by atoms with Crippen molar-refractivity contribution in [3.63, 3.8) is 0 Å². The maximum atomic E-state index is 4.55. The summed E-state index contributed by atoms with van der Waals surface area (Å²) >= 11 is 0. The number of nitrogens with zero attached hydrogens (tertiary/aromatic N) is 3. The molecule has 3 nitrogen and oxygen atoms in total. The largest absolute Gasteiger partial charge is 0.331 e. The Morgan fingerprint density at radius 3 is 2.81 bits per heavy atom. The van der Waals surface area contributed by atoms with E-state index < -0.39 is 0 Å². The molecule has 1 aromatic heterocycles. The van der Waals surface area contributed by atoms with Gasteiger partial charge in [-0.1, -0.05) is 13.0 Å². The molecule has 0 N–H and O–H groups in total. The number of imidazole rings is 1. The Labute approximate surface area is 96.7 Å². The quantitative estimate of drug-likeness (QED) is 0.787. The predicted molar refractivity (Wildman–Crippen MR) is 67.5 cm³/mol. The first kappa shape index (κ1) is 11.1. The van der Waals surface area contributed by atoms with Crippen molar-refractivity contribution in [2.24, 2.45) is 7.05 Å². The van der Waals surface area contributed by atoms with Gasteiger partial charge in [-0.3, -0.25) is 0 Å². The second-order valence-corrected chi connectivity index (χ2v) is 4.37. The van der Waals surface area contributed by atoms with Crippen LogP contribution in [0.3, 0.4) is 0 Å². The van der Waals surface area contributed by atoms with Gasteiger partial charge in [-0.25, -0.2) is 4.98 Å². The molecule has 0 saturated carbocycles. The highest BCUT2D eigenvalue weighted by Gasteiger charge is 2.05. The molecule has 0 amide bonds. The highest BCUT2D eigenvalue weighted by molar-refractivity contribution is 5.76. The lowest BCUT2D eigenvalue weighted by Crippen LogP contribution is -2.16. The molecule has 1 heterocycles. The molecule has 1 aromatic carbocycles. The van der Waals surface area contributed by atoms with Crippen molar-refractivity contribution in [1.82, 2.24) is 14.5 Å². The number of hydrogen-bond acceptors (Lipinski definition) is 2. The summed E-state index contributed by atoms with van der Waals surface area (Å²) in [5.41, 5.74) is 3.64. The molecule has 0 spiro atoms. The van der Waals surface area contributed by atoms with Gasteiger partial charge in [-0.2, -0.15) is 0 Å². The van der Waals surface area contributed by atoms with Crippen molar-refractivity contribution in [2.45, 2.75) is 20.4 Å². The van der Waals surface area contributed by atoms with Gasteiger partial charge >= 0.3 is 0 Å². The molecule has 0 radical (unpaired) electrons. The van der Waals surface area contributed by atoms with Gasteiger partial charge in [0.1, 0.15) is 5.82 Å². The van der Waals surface area contributed by atoms with Crippen LogP contribution in [-0.4, -0.2) is 28.0 Å². The topological polar surface area (TPSA) is 21.1 Å². The van der Waals surface area contributed by atoms with Crippen molar-refractivity contribution in [3.05, 3.63) is 29.6 Å². The average Bonchev–Trinajstić information content (AvgIpc) is 2.54. The Hall–Kier alpha value is -1.35. The molecule has 0 aliphatic carbocycles. The summed E-state index contributed by atoms with van der Waals surface area (Å²) in [5.74, 6) is 1.07. The van der Waals surface area contributed by atoms with Crippen LogP contribution < -0.4 is 0 Å². The highest BCUT2D eigenvalue weighted by atomic mass is 15.1. The lowest BCUT2D eigenvalue weighted by Gasteiger charge is -2.13.